The molecule has 1 fully saturated rings. The highest BCUT2D eigenvalue weighted by Crippen LogP contribution is 2.36. The Morgan fingerprint density at radius 1 is 1.32 bits per heavy atom. The Balaban J connectivity index is 2.03. The van der Waals surface area contributed by atoms with Gasteiger partial charge in [-0.25, -0.2) is 0 Å². The van der Waals surface area contributed by atoms with Crippen molar-refractivity contribution in [2.75, 3.05) is 13.2 Å². The molecule has 0 aromatic heterocycles. The van der Waals surface area contributed by atoms with Crippen molar-refractivity contribution in [2.24, 2.45) is 5.41 Å². The zero-order valence-corrected chi connectivity index (χ0v) is 12.7. The van der Waals surface area contributed by atoms with E-state index in [9.17, 15) is 9.59 Å². The van der Waals surface area contributed by atoms with Crippen LogP contribution in [0, 0.1) is 5.41 Å². The van der Waals surface area contributed by atoms with Crippen LogP contribution in [0.1, 0.15) is 32.1 Å². The lowest BCUT2D eigenvalue weighted by atomic mass is 9.85. The van der Waals surface area contributed by atoms with Crippen molar-refractivity contribution < 1.29 is 24.2 Å². The number of benzene rings is 1. The van der Waals surface area contributed by atoms with Crippen LogP contribution in [0.25, 0.3) is 0 Å². The number of carboxylic acids is 1. The summed E-state index contributed by atoms with van der Waals surface area (Å²) in [6, 6.07) is 9.41. The smallest absolute Gasteiger partial charge is 0.305 e. The van der Waals surface area contributed by atoms with Crippen LogP contribution >= 0.6 is 0 Å². The van der Waals surface area contributed by atoms with Crippen LogP contribution in [0.3, 0.4) is 0 Å². The first-order chi connectivity index (χ1) is 10.4. The number of amides is 1. The average Bonchev–Trinajstić information content (AvgIpc) is 2.47. The Bertz CT molecular complexity index is 529. The van der Waals surface area contributed by atoms with Crippen molar-refractivity contribution >= 4 is 11.9 Å². The van der Waals surface area contributed by atoms with E-state index in [1.54, 1.807) is 0 Å². The molecule has 2 N–H and O–H groups in total. The molecule has 0 spiro atoms. The average molecular weight is 307 g/mol. The second kappa shape index (κ2) is 6.89. The highest BCUT2D eigenvalue weighted by Gasteiger charge is 2.43. The van der Waals surface area contributed by atoms with Gasteiger partial charge in [-0.1, -0.05) is 44.2 Å². The molecule has 22 heavy (non-hydrogen) atoms. The fourth-order valence-electron chi connectivity index (χ4n) is 2.30. The third kappa shape index (κ3) is 4.05. The number of rotatable bonds is 5. The Labute approximate surface area is 129 Å². The van der Waals surface area contributed by atoms with Crippen LogP contribution < -0.4 is 5.32 Å². The van der Waals surface area contributed by atoms with Crippen molar-refractivity contribution in [2.45, 2.75) is 32.7 Å². The molecule has 0 saturated carbocycles. The maximum Gasteiger partial charge on any atom is 0.305 e. The van der Waals surface area contributed by atoms with E-state index in [-0.39, 0.29) is 18.9 Å². The van der Waals surface area contributed by atoms with Crippen molar-refractivity contribution in [1.29, 1.82) is 0 Å². The van der Waals surface area contributed by atoms with Crippen LogP contribution in [0.4, 0.5) is 0 Å². The first-order valence-electron chi connectivity index (χ1n) is 7.22. The second-order valence-electron chi connectivity index (χ2n) is 5.99. The number of nitrogens with one attached hydrogen (secondary N) is 1. The Morgan fingerprint density at radius 2 is 2.00 bits per heavy atom. The third-order valence-corrected chi connectivity index (χ3v) is 3.52. The summed E-state index contributed by atoms with van der Waals surface area (Å²) in [6.45, 7) is 4.23. The van der Waals surface area contributed by atoms with Gasteiger partial charge in [-0.05, 0) is 0 Å². The zero-order valence-electron chi connectivity index (χ0n) is 12.7. The van der Waals surface area contributed by atoms with E-state index in [0.717, 1.165) is 5.56 Å². The first kappa shape index (κ1) is 16.5. The van der Waals surface area contributed by atoms with Gasteiger partial charge in [0.15, 0.2) is 6.29 Å². The summed E-state index contributed by atoms with van der Waals surface area (Å²) >= 11 is 0. The monoisotopic (exact) mass is 307 g/mol. The molecule has 1 unspecified atom stereocenters. The molecule has 0 bridgehead atoms. The fraction of sp³-hybridized carbons (Fsp3) is 0.500. The molecule has 1 aromatic carbocycles. The molecule has 1 aliphatic rings. The minimum absolute atomic E-state index is 0.0843. The van der Waals surface area contributed by atoms with Gasteiger partial charge in [0.05, 0.1) is 13.0 Å². The van der Waals surface area contributed by atoms with E-state index < -0.39 is 23.8 Å². The van der Waals surface area contributed by atoms with Crippen LogP contribution in [0.2, 0.25) is 0 Å². The molecule has 2 atom stereocenters. The van der Waals surface area contributed by atoms with E-state index in [4.69, 9.17) is 14.6 Å². The van der Waals surface area contributed by atoms with Crippen molar-refractivity contribution in [1.82, 2.24) is 5.32 Å². The van der Waals surface area contributed by atoms with Crippen molar-refractivity contribution in [3.05, 3.63) is 35.9 Å². The molecule has 0 aliphatic carbocycles. The van der Waals surface area contributed by atoms with E-state index >= 15 is 0 Å². The lowest BCUT2D eigenvalue weighted by molar-refractivity contribution is -0.258. The number of carboxylic acid groups (broad SMARTS) is 1. The summed E-state index contributed by atoms with van der Waals surface area (Å²) < 4.78 is 11.5. The van der Waals surface area contributed by atoms with Gasteiger partial charge in [0.1, 0.15) is 6.10 Å². The molecule has 1 amide bonds. The predicted octanol–water partition coefficient (Wildman–Crippen LogP) is 1.72. The summed E-state index contributed by atoms with van der Waals surface area (Å²) in [6.07, 6.45) is -1.40. The zero-order chi connectivity index (χ0) is 16.2. The largest absolute Gasteiger partial charge is 0.481 e. The van der Waals surface area contributed by atoms with Gasteiger partial charge in [-0.2, -0.15) is 0 Å². The summed E-state index contributed by atoms with van der Waals surface area (Å²) in [4.78, 5) is 22.8. The highest BCUT2D eigenvalue weighted by atomic mass is 16.7. The van der Waals surface area contributed by atoms with E-state index in [0.29, 0.717) is 6.61 Å². The standard InChI is InChI=1S/C16H21NO5/c1-16(2)10-21-15(11-6-4-3-5-7-11)22-13(16)14(20)17-9-8-12(18)19/h3-7,13,15H,8-10H2,1-2H3,(H,17,20)(H,18,19)/t13-,15?/m0/s1. The quantitative estimate of drug-likeness (QED) is 0.865. The van der Waals surface area contributed by atoms with Gasteiger partial charge in [-0.3, -0.25) is 9.59 Å². The summed E-state index contributed by atoms with van der Waals surface area (Å²) in [5.74, 6) is -1.26. The predicted molar refractivity (Wildman–Crippen MR) is 79.1 cm³/mol. The Morgan fingerprint density at radius 3 is 2.64 bits per heavy atom. The van der Waals surface area contributed by atoms with Gasteiger partial charge in [0.2, 0.25) is 5.91 Å². The number of hydrogen-bond acceptors (Lipinski definition) is 4. The molecule has 1 heterocycles. The lowest BCUT2D eigenvalue weighted by Crippen LogP contribution is -2.51. The van der Waals surface area contributed by atoms with Gasteiger partial charge in [0.25, 0.3) is 0 Å². The highest BCUT2D eigenvalue weighted by molar-refractivity contribution is 5.82. The maximum atomic E-state index is 12.3. The molecule has 0 radical (unpaired) electrons. The van der Waals surface area contributed by atoms with Crippen LogP contribution in [-0.2, 0) is 19.1 Å². The summed E-state index contributed by atoms with van der Waals surface area (Å²) in [7, 11) is 0. The summed E-state index contributed by atoms with van der Waals surface area (Å²) in [5.41, 5.74) is 0.361. The molecule has 1 aliphatic heterocycles. The van der Waals surface area contributed by atoms with E-state index in [1.165, 1.54) is 0 Å². The normalized spacial score (nSPS) is 23.7. The molecule has 1 aromatic rings. The molecule has 2 rings (SSSR count). The number of aliphatic carboxylic acids is 1. The van der Waals surface area contributed by atoms with Gasteiger partial charge in [-0.15, -0.1) is 0 Å². The second-order valence-corrected chi connectivity index (χ2v) is 5.99. The minimum Gasteiger partial charge on any atom is -0.481 e. The molecule has 1 saturated heterocycles. The van der Waals surface area contributed by atoms with E-state index in [2.05, 4.69) is 5.32 Å². The number of carbonyl (C=O) groups excluding carboxylic acids is 1. The van der Waals surface area contributed by atoms with Crippen molar-refractivity contribution in [3.8, 4) is 0 Å². The molecule has 6 heteroatoms. The fourth-order valence-corrected chi connectivity index (χ4v) is 2.30. The molecule has 6 nitrogen and oxygen atoms in total. The number of carbonyl (C=O) groups is 2. The minimum atomic E-state index is -0.949. The first-order valence-corrected chi connectivity index (χ1v) is 7.22. The Kier molecular flexibility index (Phi) is 5.15. The van der Waals surface area contributed by atoms with Gasteiger partial charge in [0, 0.05) is 17.5 Å². The number of hydrogen-bond donors (Lipinski definition) is 2. The van der Waals surface area contributed by atoms with Gasteiger partial charge < -0.3 is 19.9 Å². The number of ether oxygens (including phenoxy) is 2. The maximum absolute atomic E-state index is 12.3. The topological polar surface area (TPSA) is 84.9 Å². The SMILES string of the molecule is CC1(C)COC(c2ccccc2)O[C@H]1C(=O)NCCC(=O)O. The van der Waals surface area contributed by atoms with Crippen molar-refractivity contribution in [3.63, 3.8) is 0 Å². The van der Waals surface area contributed by atoms with Crippen LogP contribution in [0.5, 0.6) is 0 Å². The van der Waals surface area contributed by atoms with E-state index in [1.807, 2.05) is 44.2 Å². The Hall–Kier alpha value is -1.92. The lowest BCUT2D eigenvalue weighted by Gasteiger charge is -2.41. The summed E-state index contributed by atoms with van der Waals surface area (Å²) in [5, 5.41) is 11.2. The van der Waals surface area contributed by atoms with Crippen LogP contribution in [0.15, 0.2) is 30.3 Å². The third-order valence-electron chi connectivity index (χ3n) is 3.52. The molecule has 120 valence electrons. The molecular weight excluding hydrogens is 286 g/mol. The van der Waals surface area contributed by atoms with Crippen LogP contribution in [-0.4, -0.2) is 36.2 Å². The molecular formula is C16H21NO5. The van der Waals surface area contributed by atoms with Gasteiger partial charge >= 0.3 is 5.97 Å².